The van der Waals surface area contributed by atoms with Gasteiger partial charge in [-0.2, -0.15) is 9.61 Å². The molecular formula is C14H14N4. The van der Waals surface area contributed by atoms with Gasteiger partial charge in [0.15, 0.2) is 5.65 Å². The summed E-state index contributed by atoms with van der Waals surface area (Å²) in [6.45, 7) is 4.09. The SMILES string of the molecule is Cc1nc(C2=CC=CC(C)C=C2)cc2ncnn12. The summed E-state index contributed by atoms with van der Waals surface area (Å²) in [6, 6.07) is 1.96. The molecule has 0 fully saturated rings. The highest BCUT2D eigenvalue weighted by Crippen LogP contribution is 2.19. The van der Waals surface area contributed by atoms with Crippen LogP contribution in [0.2, 0.25) is 0 Å². The van der Waals surface area contributed by atoms with Crippen molar-refractivity contribution < 1.29 is 0 Å². The van der Waals surface area contributed by atoms with Crippen LogP contribution < -0.4 is 0 Å². The van der Waals surface area contributed by atoms with Crippen molar-refractivity contribution >= 4 is 11.2 Å². The quantitative estimate of drug-likeness (QED) is 0.767. The van der Waals surface area contributed by atoms with Crippen LogP contribution in [0.4, 0.5) is 0 Å². The molecule has 0 saturated carbocycles. The Kier molecular flexibility index (Phi) is 2.55. The van der Waals surface area contributed by atoms with Crippen LogP contribution in [0.15, 0.2) is 42.8 Å². The normalized spacial score (nSPS) is 19.0. The molecule has 0 aromatic carbocycles. The fourth-order valence-electron chi connectivity index (χ4n) is 2.00. The first-order valence-corrected chi connectivity index (χ1v) is 5.98. The summed E-state index contributed by atoms with van der Waals surface area (Å²) < 4.78 is 1.74. The van der Waals surface area contributed by atoms with Gasteiger partial charge in [0.25, 0.3) is 0 Å². The summed E-state index contributed by atoms with van der Waals surface area (Å²) in [5, 5.41) is 4.13. The maximum atomic E-state index is 4.57. The number of allylic oxidation sites excluding steroid dienone is 6. The minimum Gasteiger partial charge on any atom is -0.233 e. The number of aryl methyl sites for hydroxylation is 1. The molecule has 18 heavy (non-hydrogen) atoms. The average molecular weight is 238 g/mol. The van der Waals surface area contributed by atoms with Gasteiger partial charge in [0.05, 0.1) is 5.69 Å². The summed E-state index contributed by atoms with van der Waals surface area (Å²) in [4.78, 5) is 8.79. The van der Waals surface area contributed by atoms with Gasteiger partial charge in [-0.05, 0) is 12.8 Å². The zero-order valence-electron chi connectivity index (χ0n) is 10.4. The van der Waals surface area contributed by atoms with Crippen molar-refractivity contribution in [2.24, 2.45) is 5.92 Å². The lowest BCUT2D eigenvalue weighted by Crippen LogP contribution is -2.00. The number of hydrogen-bond donors (Lipinski definition) is 0. The molecule has 1 aliphatic carbocycles. The minimum absolute atomic E-state index is 0.455. The maximum Gasteiger partial charge on any atom is 0.159 e. The first-order chi connectivity index (χ1) is 8.74. The molecule has 3 rings (SSSR count). The van der Waals surface area contributed by atoms with Crippen LogP contribution in [0.25, 0.3) is 11.2 Å². The molecular weight excluding hydrogens is 224 g/mol. The number of nitrogens with zero attached hydrogens (tertiary/aromatic N) is 4. The Morgan fingerprint density at radius 3 is 3.06 bits per heavy atom. The molecule has 4 nitrogen and oxygen atoms in total. The van der Waals surface area contributed by atoms with Crippen molar-refractivity contribution in [2.45, 2.75) is 13.8 Å². The smallest absolute Gasteiger partial charge is 0.159 e. The second-order valence-electron chi connectivity index (χ2n) is 4.44. The average Bonchev–Trinajstić information content (AvgIpc) is 2.72. The standard InChI is InChI=1S/C14H14N4/c1-10-4-3-5-12(7-6-10)13-8-14-15-9-16-18(14)11(2)17-13/h3-10H,1-2H3. The van der Waals surface area contributed by atoms with Crippen molar-refractivity contribution in [3.05, 3.63) is 54.3 Å². The summed E-state index contributed by atoms with van der Waals surface area (Å²) in [5.74, 6) is 1.30. The number of fused-ring (bicyclic) bond motifs is 1. The van der Waals surface area contributed by atoms with E-state index in [1.165, 1.54) is 0 Å². The second kappa shape index (κ2) is 4.22. The summed E-state index contributed by atoms with van der Waals surface area (Å²) >= 11 is 0. The highest BCUT2D eigenvalue weighted by molar-refractivity contribution is 5.75. The van der Waals surface area contributed by atoms with Gasteiger partial charge in [0.2, 0.25) is 0 Å². The predicted octanol–water partition coefficient (Wildman–Crippen LogP) is 2.58. The zero-order valence-corrected chi connectivity index (χ0v) is 10.4. The molecule has 0 radical (unpaired) electrons. The van der Waals surface area contributed by atoms with E-state index in [1.54, 1.807) is 10.8 Å². The molecule has 4 heteroatoms. The third-order valence-electron chi connectivity index (χ3n) is 2.99. The Balaban J connectivity index is 2.12. The van der Waals surface area contributed by atoms with Gasteiger partial charge < -0.3 is 0 Å². The number of rotatable bonds is 1. The van der Waals surface area contributed by atoms with Crippen molar-refractivity contribution in [2.75, 3.05) is 0 Å². The van der Waals surface area contributed by atoms with Crippen LogP contribution in [0.3, 0.4) is 0 Å². The zero-order chi connectivity index (χ0) is 12.5. The molecule has 1 aliphatic rings. The summed E-state index contributed by atoms with van der Waals surface area (Å²) in [6.07, 6.45) is 12.1. The van der Waals surface area contributed by atoms with Crippen LogP contribution in [0, 0.1) is 12.8 Å². The first-order valence-electron chi connectivity index (χ1n) is 5.98. The molecule has 0 saturated heterocycles. The molecule has 0 bridgehead atoms. The summed E-state index contributed by atoms with van der Waals surface area (Å²) in [7, 11) is 0. The molecule has 2 heterocycles. The van der Waals surface area contributed by atoms with Gasteiger partial charge >= 0.3 is 0 Å². The Morgan fingerprint density at radius 1 is 1.28 bits per heavy atom. The highest BCUT2D eigenvalue weighted by atomic mass is 15.3. The van der Waals surface area contributed by atoms with Crippen LogP contribution in [0.1, 0.15) is 18.4 Å². The second-order valence-corrected chi connectivity index (χ2v) is 4.44. The lowest BCUT2D eigenvalue weighted by atomic mass is 10.1. The fraction of sp³-hybridized carbons (Fsp3) is 0.214. The van der Waals surface area contributed by atoms with Gasteiger partial charge in [-0.1, -0.05) is 37.3 Å². The predicted molar refractivity (Wildman–Crippen MR) is 70.9 cm³/mol. The highest BCUT2D eigenvalue weighted by Gasteiger charge is 2.07. The Bertz CT molecular complexity index is 676. The largest absolute Gasteiger partial charge is 0.233 e. The van der Waals surface area contributed by atoms with Gasteiger partial charge in [-0.25, -0.2) is 9.97 Å². The van der Waals surface area contributed by atoms with E-state index in [1.807, 2.05) is 13.0 Å². The minimum atomic E-state index is 0.455. The molecule has 0 amide bonds. The summed E-state index contributed by atoms with van der Waals surface area (Å²) in [5.41, 5.74) is 2.86. The maximum absolute atomic E-state index is 4.57. The van der Waals surface area contributed by atoms with Gasteiger partial charge in [-0.15, -0.1) is 0 Å². The van der Waals surface area contributed by atoms with Gasteiger partial charge in [-0.3, -0.25) is 0 Å². The van der Waals surface area contributed by atoms with Crippen LogP contribution in [0.5, 0.6) is 0 Å². The van der Waals surface area contributed by atoms with Crippen LogP contribution in [-0.2, 0) is 0 Å². The van der Waals surface area contributed by atoms with Crippen molar-refractivity contribution in [3.8, 4) is 0 Å². The third kappa shape index (κ3) is 1.86. The lowest BCUT2D eigenvalue weighted by Gasteiger charge is -2.04. The van der Waals surface area contributed by atoms with Gasteiger partial charge in [0.1, 0.15) is 12.2 Å². The molecule has 0 spiro atoms. The lowest BCUT2D eigenvalue weighted by molar-refractivity contribution is 0.859. The number of hydrogen-bond acceptors (Lipinski definition) is 3. The molecule has 90 valence electrons. The first kappa shape index (κ1) is 10.9. The molecule has 0 aliphatic heterocycles. The Labute approximate surface area is 105 Å². The molecule has 0 N–H and O–H groups in total. The molecule has 1 atom stereocenters. The molecule has 2 aromatic heterocycles. The monoisotopic (exact) mass is 238 g/mol. The topological polar surface area (TPSA) is 43.1 Å². The van der Waals surface area contributed by atoms with Gasteiger partial charge in [0, 0.05) is 11.6 Å². The molecule has 2 aromatic rings. The Morgan fingerprint density at radius 2 is 2.17 bits per heavy atom. The van der Waals surface area contributed by atoms with E-state index in [9.17, 15) is 0 Å². The van der Waals surface area contributed by atoms with Crippen molar-refractivity contribution in [3.63, 3.8) is 0 Å². The fourth-order valence-corrected chi connectivity index (χ4v) is 2.00. The van der Waals surface area contributed by atoms with Crippen LogP contribution in [-0.4, -0.2) is 19.6 Å². The van der Waals surface area contributed by atoms with E-state index < -0.39 is 0 Å². The van der Waals surface area contributed by atoms with Crippen molar-refractivity contribution in [1.82, 2.24) is 19.6 Å². The molecule has 1 unspecified atom stereocenters. The van der Waals surface area contributed by atoms with E-state index >= 15 is 0 Å². The van der Waals surface area contributed by atoms with Crippen molar-refractivity contribution in [1.29, 1.82) is 0 Å². The van der Waals surface area contributed by atoms with E-state index in [4.69, 9.17) is 0 Å². The third-order valence-corrected chi connectivity index (χ3v) is 2.99. The van der Waals surface area contributed by atoms with E-state index in [2.05, 4.69) is 52.4 Å². The van der Waals surface area contributed by atoms with Crippen LogP contribution >= 0.6 is 0 Å². The van der Waals surface area contributed by atoms with E-state index in [0.717, 1.165) is 22.7 Å². The number of aromatic nitrogens is 4. The van der Waals surface area contributed by atoms with E-state index in [-0.39, 0.29) is 0 Å². The van der Waals surface area contributed by atoms with E-state index in [0.29, 0.717) is 5.92 Å². The Hall–Kier alpha value is -2.23.